The third kappa shape index (κ3) is 3.35. The van der Waals surface area contributed by atoms with Gasteiger partial charge in [0.2, 0.25) is 5.13 Å². The first-order valence-corrected chi connectivity index (χ1v) is 9.17. The Bertz CT molecular complexity index is 1140. The highest BCUT2D eigenvalue weighted by Gasteiger charge is 2.20. The zero-order chi connectivity index (χ0) is 19.7. The molecule has 3 aromatic heterocycles. The third-order valence-corrected chi connectivity index (χ3v) is 4.73. The number of furan rings is 1. The monoisotopic (exact) mass is 416 g/mol. The van der Waals surface area contributed by atoms with Crippen LogP contribution in [0.15, 0.2) is 41.0 Å². The van der Waals surface area contributed by atoms with Gasteiger partial charge in [-0.05, 0) is 37.3 Å². The molecule has 0 saturated heterocycles. The summed E-state index contributed by atoms with van der Waals surface area (Å²) in [5.74, 6) is 0.731. The lowest BCUT2D eigenvalue weighted by Gasteiger charge is -2.09. The number of hydrogen-bond donors (Lipinski definition) is 1. The summed E-state index contributed by atoms with van der Waals surface area (Å²) in [6, 6.07) is 8.40. The smallest absolute Gasteiger partial charge is 0.293 e. The number of aromatic nitrogens is 5. The molecule has 0 fully saturated rings. The number of ether oxygens (including phenoxy) is 1. The fourth-order valence-electron chi connectivity index (χ4n) is 2.53. The highest BCUT2D eigenvalue weighted by atomic mass is 35.5. The fourth-order valence-corrected chi connectivity index (χ4v) is 3.26. The van der Waals surface area contributed by atoms with Crippen LogP contribution in [0.5, 0.6) is 5.75 Å². The maximum atomic E-state index is 12.1. The van der Waals surface area contributed by atoms with Gasteiger partial charge in [-0.3, -0.25) is 10.1 Å². The quantitative estimate of drug-likeness (QED) is 0.529. The van der Waals surface area contributed by atoms with Gasteiger partial charge in [0.1, 0.15) is 11.4 Å². The molecule has 3 heterocycles. The van der Waals surface area contributed by atoms with E-state index in [4.69, 9.17) is 20.8 Å². The summed E-state index contributed by atoms with van der Waals surface area (Å²) in [5.41, 5.74) is 1.83. The van der Waals surface area contributed by atoms with Gasteiger partial charge in [-0.25, -0.2) is 4.68 Å². The van der Waals surface area contributed by atoms with Crippen molar-refractivity contribution in [3.8, 4) is 23.0 Å². The highest BCUT2D eigenvalue weighted by Crippen LogP contribution is 2.29. The molecule has 0 aliphatic rings. The van der Waals surface area contributed by atoms with Crippen LogP contribution in [-0.2, 0) is 0 Å². The maximum absolute atomic E-state index is 12.1. The minimum Gasteiger partial charge on any atom is -0.494 e. The molecule has 1 amide bonds. The van der Waals surface area contributed by atoms with E-state index in [1.54, 1.807) is 42.1 Å². The number of nitrogens with zero attached hydrogens (tertiary/aromatic N) is 5. The average molecular weight is 417 g/mol. The van der Waals surface area contributed by atoms with E-state index >= 15 is 0 Å². The molecule has 1 N–H and O–H groups in total. The Morgan fingerprint density at radius 3 is 2.96 bits per heavy atom. The van der Waals surface area contributed by atoms with Gasteiger partial charge in [0.05, 0.1) is 19.1 Å². The molecular formula is C17H13ClN6O3S. The topological polar surface area (TPSA) is 108 Å². The van der Waals surface area contributed by atoms with E-state index in [0.29, 0.717) is 38.8 Å². The van der Waals surface area contributed by atoms with E-state index < -0.39 is 5.91 Å². The zero-order valence-electron chi connectivity index (χ0n) is 14.7. The molecule has 142 valence electrons. The SMILES string of the molecule is COc1ccc(Cl)cc1-n1nnc(-c2nsc(NC(=O)c3ccco3)n2)c1C. The van der Waals surface area contributed by atoms with Gasteiger partial charge in [0, 0.05) is 16.6 Å². The largest absolute Gasteiger partial charge is 0.494 e. The van der Waals surface area contributed by atoms with Crippen molar-refractivity contribution in [2.75, 3.05) is 12.4 Å². The molecule has 0 atom stereocenters. The third-order valence-electron chi connectivity index (χ3n) is 3.87. The Balaban J connectivity index is 1.63. The van der Waals surface area contributed by atoms with Crippen LogP contribution in [0, 0.1) is 6.92 Å². The number of benzene rings is 1. The van der Waals surface area contributed by atoms with Crippen LogP contribution in [0.4, 0.5) is 5.13 Å². The van der Waals surface area contributed by atoms with Gasteiger partial charge < -0.3 is 9.15 Å². The molecule has 0 saturated carbocycles. The molecule has 28 heavy (non-hydrogen) atoms. The molecule has 0 unspecified atom stereocenters. The second-order valence-electron chi connectivity index (χ2n) is 5.61. The normalized spacial score (nSPS) is 10.8. The van der Waals surface area contributed by atoms with Crippen molar-refractivity contribution >= 4 is 34.2 Å². The second-order valence-corrected chi connectivity index (χ2v) is 6.79. The zero-order valence-corrected chi connectivity index (χ0v) is 16.3. The van der Waals surface area contributed by atoms with Gasteiger partial charge >= 0.3 is 0 Å². The lowest BCUT2D eigenvalue weighted by Crippen LogP contribution is -2.10. The van der Waals surface area contributed by atoms with Crippen molar-refractivity contribution < 1.29 is 13.9 Å². The van der Waals surface area contributed by atoms with Crippen molar-refractivity contribution in [1.29, 1.82) is 0 Å². The molecular weight excluding hydrogens is 404 g/mol. The summed E-state index contributed by atoms with van der Waals surface area (Å²) in [5, 5.41) is 11.9. The number of halogens is 1. The highest BCUT2D eigenvalue weighted by molar-refractivity contribution is 7.10. The number of rotatable bonds is 5. The van der Waals surface area contributed by atoms with Gasteiger partial charge in [0.25, 0.3) is 5.91 Å². The molecule has 9 nitrogen and oxygen atoms in total. The molecule has 1 aromatic carbocycles. The molecule has 0 bridgehead atoms. The van der Waals surface area contributed by atoms with Crippen LogP contribution in [0.2, 0.25) is 5.02 Å². The van der Waals surface area contributed by atoms with E-state index in [2.05, 4.69) is 25.0 Å². The fraction of sp³-hybridized carbons (Fsp3) is 0.118. The average Bonchev–Trinajstić information content (AvgIpc) is 3.42. The Kier molecular flexibility index (Phi) is 4.80. The first-order chi connectivity index (χ1) is 13.6. The van der Waals surface area contributed by atoms with Crippen molar-refractivity contribution in [2.45, 2.75) is 6.92 Å². The minimum atomic E-state index is -0.406. The first kappa shape index (κ1) is 18.1. The van der Waals surface area contributed by atoms with E-state index in [1.807, 2.05) is 6.92 Å². The Hall–Kier alpha value is -3.24. The number of hydrogen-bond acceptors (Lipinski definition) is 8. The van der Waals surface area contributed by atoms with Crippen molar-refractivity contribution in [1.82, 2.24) is 24.4 Å². The van der Waals surface area contributed by atoms with Crippen LogP contribution in [0.1, 0.15) is 16.2 Å². The predicted molar refractivity (Wildman–Crippen MR) is 103 cm³/mol. The Morgan fingerprint density at radius 2 is 2.21 bits per heavy atom. The number of carbonyl (C=O) groups excluding carboxylic acids is 1. The number of methoxy groups -OCH3 is 1. The summed E-state index contributed by atoms with van der Waals surface area (Å²) in [6.07, 6.45) is 1.42. The molecule has 4 aromatic rings. The maximum Gasteiger partial charge on any atom is 0.293 e. The van der Waals surface area contributed by atoms with Crippen LogP contribution < -0.4 is 10.1 Å². The van der Waals surface area contributed by atoms with E-state index in [-0.39, 0.29) is 5.76 Å². The summed E-state index contributed by atoms with van der Waals surface area (Å²) in [7, 11) is 1.57. The second kappa shape index (κ2) is 7.41. The lowest BCUT2D eigenvalue weighted by atomic mass is 10.2. The number of anilines is 1. The Labute approximate surface area is 168 Å². The van der Waals surface area contributed by atoms with Crippen molar-refractivity contribution in [2.24, 2.45) is 0 Å². The van der Waals surface area contributed by atoms with Crippen LogP contribution in [-0.4, -0.2) is 37.4 Å². The number of amides is 1. The summed E-state index contributed by atoms with van der Waals surface area (Å²) in [4.78, 5) is 16.4. The number of carbonyl (C=O) groups is 1. The standard InChI is InChI=1S/C17H13ClN6O3S/c1-9-14(21-23-24(9)11-8-10(18)5-6-12(11)26-2)15-19-17(28-22-15)20-16(25)13-4-3-7-27-13/h3-8H,1-2H3,(H,19,20,22,25). The minimum absolute atomic E-state index is 0.187. The van der Waals surface area contributed by atoms with Gasteiger partial charge in [0.15, 0.2) is 17.3 Å². The van der Waals surface area contributed by atoms with Crippen molar-refractivity contribution in [3.05, 3.63) is 53.1 Å². The van der Waals surface area contributed by atoms with E-state index in [9.17, 15) is 4.79 Å². The van der Waals surface area contributed by atoms with Crippen LogP contribution >= 0.6 is 23.1 Å². The Morgan fingerprint density at radius 1 is 1.36 bits per heavy atom. The van der Waals surface area contributed by atoms with E-state index in [0.717, 1.165) is 11.5 Å². The molecule has 0 aliphatic heterocycles. The van der Waals surface area contributed by atoms with Gasteiger partial charge in [-0.15, -0.1) is 5.10 Å². The lowest BCUT2D eigenvalue weighted by molar-refractivity contribution is 0.0996. The van der Waals surface area contributed by atoms with E-state index in [1.165, 1.54) is 6.26 Å². The summed E-state index contributed by atoms with van der Waals surface area (Å²) < 4.78 is 16.3. The molecule has 0 spiro atoms. The van der Waals surface area contributed by atoms with Gasteiger partial charge in [-0.1, -0.05) is 16.8 Å². The first-order valence-electron chi connectivity index (χ1n) is 8.02. The molecule has 4 rings (SSSR count). The number of nitrogens with one attached hydrogen (secondary N) is 1. The predicted octanol–water partition coefficient (Wildman–Crippen LogP) is 3.60. The van der Waals surface area contributed by atoms with Crippen molar-refractivity contribution in [3.63, 3.8) is 0 Å². The summed E-state index contributed by atoms with van der Waals surface area (Å²) >= 11 is 7.14. The summed E-state index contributed by atoms with van der Waals surface area (Å²) in [6.45, 7) is 1.83. The molecule has 0 aliphatic carbocycles. The van der Waals surface area contributed by atoms with Crippen LogP contribution in [0.25, 0.3) is 17.2 Å². The molecule has 0 radical (unpaired) electrons. The van der Waals surface area contributed by atoms with Gasteiger partial charge in [-0.2, -0.15) is 9.36 Å². The van der Waals surface area contributed by atoms with Crippen LogP contribution in [0.3, 0.4) is 0 Å². The molecule has 11 heteroatoms.